The Balaban J connectivity index is 2.57. The zero-order chi connectivity index (χ0) is 15.5. The van der Waals surface area contributed by atoms with Gasteiger partial charge in [0.1, 0.15) is 0 Å². The van der Waals surface area contributed by atoms with E-state index in [1.807, 2.05) is 0 Å². The summed E-state index contributed by atoms with van der Waals surface area (Å²) >= 11 is 0. The van der Waals surface area contributed by atoms with E-state index in [4.69, 9.17) is 0 Å². The summed E-state index contributed by atoms with van der Waals surface area (Å²) < 4.78 is 0. The summed E-state index contributed by atoms with van der Waals surface area (Å²) in [5.74, 6) is 0. The van der Waals surface area contributed by atoms with Crippen molar-refractivity contribution in [1.29, 1.82) is 0 Å². The molecular formula is C19H34N2. The minimum Gasteiger partial charge on any atom is -0.312 e. The smallest absolute Gasteiger partial charge is 0.0472 e. The Morgan fingerprint density at radius 2 is 1.67 bits per heavy atom. The monoisotopic (exact) mass is 290 g/mol. The van der Waals surface area contributed by atoms with Gasteiger partial charge in [-0.2, -0.15) is 0 Å². The molecule has 2 heteroatoms. The molecule has 0 fully saturated rings. The molecule has 0 radical (unpaired) electrons. The fourth-order valence-corrected chi connectivity index (χ4v) is 2.91. The Kier molecular flexibility index (Phi) is 9.36. The molecule has 0 amide bonds. The summed E-state index contributed by atoms with van der Waals surface area (Å²) in [5.41, 5.74) is 1.43. The molecule has 0 aliphatic rings. The fraction of sp³-hybridized carbons (Fsp3) is 0.684. The van der Waals surface area contributed by atoms with Crippen LogP contribution in [0.1, 0.15) is 65.0 Å². The number of nitrogens with zero attached hydrogens (tertiary/aromatic N) is 1. The lowest BCUT2D eigenvalue weighted by Gasteiger charge is -2.31. The van der Waals surface area contributed by atoms with Gasteiger partial charge in [0.25, 0.3) is 0 Å². The maximum Gasteiger partial charge on any atom is 0.0472 e. The van der Waals surface area contributed by atoms with Crippen LogP contribution >= 0.6 is 0 Å². The van der Waals surface area contributed by atoms with E-state index in [-0.39, 0.29) is 0 Å². The van der Waals surface area contributed by atoms with Gasteiger partial charge < -0.3 is 5.32 Å². The predicted octanol–water partition coefficient (Wildman–Crippen LogP) is 4.63. The average Bonchev–Trinajstić information content (AvgIpc) is 2.52. The van der Waals surface area contributed by atoms with E-state index in [0.29, 0.717) is 12.1 Å². The number of nitrogens with one attached hydrogen (secondary N) is 1. The Morgan fingerprint density at radius 3 is 2.24 bits per heavy atom. The van der Waals surface area contributed by atoms with E-state index in [9.17, 15) is 0 Å². The second-order valence-corrected chi connectivity index (χ2v) is 5.95. The maximum atomic E-state index is 3.75. The van der Waals surface area contributed by atoms with Crippen molar-refractivity contribution in [2.24, 2.45) is 0 Å². The van der Waals surface area contributed by atoms with Gasteiger partial charge in [-0.3, -0.25) is 4.90 Å². The molecule has 0 spiro atoms. The van der Waals surface area contributed by atoms with Crippen molar-refractivity contribution in [3.8, 4) is 0 Å². The molecule has 2 nitrogen and oxygen atoms in total. The molecule has 120 valence electrons. The van der Waals surface area contributed by atoms with Crippen LogP contribution in [-0.4, -0.2) is 30.6 Å². The van der Waals surface area contributed by atoms with Crippen molar-refractivity contribution in [2.75, 3.05) is 19.6 Å². The summed E-state index contributed by atoms with van der Waals surface area (Å²) in [6.07, 6.45) is 5.28. The summed E-state index contributed by atoms with van der Waals surface area (Å²) in [7, 11) is 0. The SMILES string of the molecule is CCCCCC(C)NCC(c1ccccc1)N(CC)CC. The molecule has 1 N–H and O–H groups in total. The van der Waals surface area contributed by atoms with Gasteiger partial charge in [-0.15, -0.1) is 0 Å². The van der Waals surface area contributed by atoms with Gasteiger partial charge in [0.15, 0.2) is 0 Å². The van der Waals surface area contributed by atoms with E-state index in [2.05, 4.69) is 68.2 Å². The van der Waals surface area contributed by atoms with E-state index in [1.54, 1.807) is 0 Å². The zero-order valence-electron chi connectivity index (χ0n) is 14.4. The highest BCUT2D eigenvalue weighted by Crippen LogP contribution is 2.19. The van der Waals surface area contributed by atoms with Gasteiger partial charge in [0, 0.05) is 18.6 Å². The van der Waals surface area contributed by atoms with Crippen LogP contribution in [0.2, 0.25) is 0 Å². The lowest BCUT2D eigenvalue weighted by molar-refractivity contribution is 0.208. The van der Waals surface area contributed by atoms with Gasteiger partial charge in [-0.05, 0) is 32.0 Å². The molecule has 2 atom stereocenters. The molecule has 2 unspecified atom stereocenters. The van der Waals surface area contributed by atoms with Gasteiger partial charge in [-0.25, -0.2) is 0 Å². The Morgan fingerprint density at radius 1 is 1.00 bits per heavy atom. The van der Waals surface area contributed by atoms with Crippen LogP contribution < -0.4 is 5.32 Å². The summed E-state index contributed by atoms with van der Waals surface area (Å²) in [6.45, 7) is 12.3. The molecule has 21 heavy (non-hydrogen) atoms. The van der Waals surface area contributed by atoms with Crippen LogP contribution in [0, 0.1) is 0 Å². The van der Waals surface area contributed by atoms with Crippen LogP contribution in [0.3, 0.4) is 0 Å². The molecule has 1 rings (SSSR count). The molecule has 1 aromatic carbocycles. The molecule has 0 heterocycles. The molecule has 0 saturated carbocycles. The van der Waals surface area contributed by atoms with Crippen molar-refractivity contribution in [3.63, 3.8) is 0 Å². The number of benzene rings is 1. The third-order valence-electron chi connectivity index (χ3n) is 4.34. The van der Waals surface area contributed by atoms with Crippen molar-refractivity contribution in [3.05, 3.63) is 35.9 Å². The van der Waals surface area contributed by atoms with Crippen LogP contribution in [0.4, 0.5) is 0 Å². The summed E-state index contributed by atoms with van der Waals surface area (Å²) in [6, 6.07) is 12.0. The summed E-state index contributed by atoms with van der Waals surface area (Å²) in [5, 5.41) is 3.75. The number of unbranched alkanes of at least 4 members (excludes halogenated alkanes) is 2. The van der Waals surface area contributed by atoms with Crippen LogP contribution in [0.25, 0.3) is 0 Å². The highest BCUT2D eigenvalue weighted by molar-refractivity contribution is 5.19. The normalized spacial score (nSPS) is 14.3. The maximum absolute atomic E-state index is 3.75. The van der Waals surface area contributed by atoms with E-state index >= 15 is 0 Å². The standard InChI is InChI=1S/C19H34N2/c1-5-8-10-13-17(4)20-16-19(21(6-2)7-3)18-14-11-9-12-15-18/h9,11-12,14-15,17,19-20H,5-8,10,13,16H2,1-4H3. The third-order valence-corrected chi connectivity index (χ3v) is 4.34. The largest absolute Gasteiger partial charge is 0.312 e. The highest BCUT2D eigenvalue weighted by Gasteiger charge is 2.18. The van der Waals surface area contributed by atoms with Crippen molar-refractivity contribution >= 4 is 0 Å². The first-order chi connectivity index (χ1) is 10.2. The summed E-state index contributed by atoms with van der Waals surface area (Å²) in [4.78, 5) is 2.54. The molecule has 0 aromatic heterocycles. The van der Waals surface area contributed by atoms with E-state index < -0.39 is 0 Å². The van der Waals surface area contributed by atoms with Crippen molar-refractivity contribution < 1.29 is 0 Å². The first-order valence-corrected chi connectivity index (χ1v) is 8.75. The topological polar surface area (TPSA) is 15.3 Å². The fourth-order valence-electron chi connectivity index (χ4n) is 2.91. The minimum absolute atomic E-state index is 0.481. The first kappa shape index (κ1) is 18.2. The second kappa shape index (κ2) is 10.8. The lowest BCUT2D eigenvalue weighted by Crippen LogP contribution is -2.38. The van der Waals surface area contributed by atoms with Crippen molar-refractivity contribution in [1.82, 2.24) is 10.2 Å². The molecule has 0 aliphatic carbocycles. The number of likely N-dealkylation sites (N-methyl/N-ethyl adjacent to an activating group) is 1. The van der Waals surface area contributed by atoms with Crippen LogP contribution in [-0.2, 0) is 0 Å². The molecule has 0 bridgehead atoms. The zero-order valence-corrected chi connectivity index (χ0v) is 14.4. The van der Waals surface area contributed by atoms with E-state index in [0.717, 1.165) is 19.6 Å². The number of hydrogen-bond donors (Lipinski definition) is 1. The number of hydrogen-bond acceptors (Lipinski definition) is 2. The second-order valence-electron chi connectivity index (χ2n) is 5.95. The van der Waals surface area contributed by atoms with Gasteiger partial charge in [-0.1, -0.05) is 70.4 Å². The quantitative estimate of drug-likeness (QED) is 0.598. The van der Waals surface area contributed by atoms with Gasteiger partial charge >= 0.3 is 0 Å². The van der Waals surface area contributed by atoms with Gasteiger partial charge in [0.05, 0.1) is 0 Å². The highest BCUT2D eigenvalue weighted by atomic mass is 15.2. The Hall–Kier alpha value is -0.860. The molecule has 1 aromatic rings. The third kappa shape index (κ3) is 6.62. The van der Waals surface area contributed by atoms with Crippen LogP contribution in [0.15, 0.2) is 30.3 Å². The number of rotatable bonds is 11. The molecule has 0 aliphatic heterocycles. The predicted molar refractivity (Wildman–Crippen MR) is 93.7 cm³/mol. The van der Waals surface area contributed by atoms with E-state index in [1.165, 1.54) is 31.2 Å². The van der Waals surface area contributed by atoms with Gasteiger partial charge in [0.2, 0.25) is 0 Å². The average molecular weight is 290 g/mol. The lowest BCUT2D eigenvalue weighted by atomic mass is 10.0. The van der Waals surface area contributed by atoms with Crippen LogP contribution in [0.5, 0.6) is 0 Å². The first-order valence-electron chi connectivity index (χ1n) is 8.75. The minimum atomic E-state index is 0.481. The molecular weight excluding hydrogens is 256 g/mol. The molecule has 0 saturated heterocycles. The Labute approximate surface area is 131 Å². The Bertz CT molecular complexity index is 346. The van der Waals surface area contributed by atoms with Crippen molar-refractivity contribution in [2.45, 2.75) is 65.5 Å².